The molecule has 0 aromatic heterocycles. The van der Waals surface area contributed by atoms with Gasteiger partial charge in [-0.05, 0) is 24.3 Å². The van der Waals surface area contributed by atoms with Crippen LogP contribution in [0.3, 0.4) is 0 Å². The highest BCUT2D eigenvalue weighted by atomic mass is 16.8. The number of ether oxygens (including phenoxy) is 17. The molecule has 0 amide bonds. The highest BCUT2D eigenvalue weighted by Crippen LogP contribution is 2.38. The van der Waals surface area contributed by atoms with Gasteiger partial charge in [-0.2, -0.15) is 0 Å². The third-order valence-electron chi connectivity index (χ3n) is 10.1. The molecule has 0 unspecified atom stereocenters. The fraction of sp³-hybridized carbons (Fsp3) is 0.644. The molecule has 3 fully saturated rings. The molecule has 27 nitrogen and oxygen atoms in total. The lowest BCUT2D eigenvalue weighted by Gasteiger charge is -2.50. The molecule has 0 radical (unpaired) electrons. The zero-order valence-corrected chi connectivity index (χ0v) is 41.1. The Balaban J connectivity index is 1.91. The molecule has 0 N–H and O–H groups in total. The molecule has 3 aliphatic rings. The van der Waals surface area contributed by atoms with Gasteiger partial charge in [0.15, 0.2) is 49.2 Å². The normalized spacial score (nSPS) is 29.8. The average molecular weight is 1030 g/mol. The van der Waals surface area contributed by atoms with Gasteiger partial charge in [0.25, 0.3) is 0 Å². The number of carbonyl (C=O) groups excluding carboxylic acids is 10. The van der Waals surface area contributed by atoms with E-state index in [1.54, 1.807) is 12.1 Å². The monoisotopic (exact) mass is 1030 g/mol. The van der Waals surface area contributed by atoms with E-state index in [4.69, 9.17) is 80.5 Å². The van der Waals surface area contributed by atoms with Crippen LogP contribution in [0.5, 0.6) is 11.5 Å². The van der Waals surface area contributed by atoms with E-state index in [-0.39, 0.29) is 5.75 Å². The second kappa shape index (κ2) is 26.7. The first kappa shape index (κ1) is 57.9. The van der Waals surface area contributed by atoms with Gasteiger partial charge in [-0.1, -0.05) is 0 Å². The number of benzene rings is 1. The van der Waals surface area contributed by atoms with Gasteiger partial charge in [0.1, 0.15) is 61.8 Å². The second-order valence-electron chi connectivity index (χ2n) is 16.0. The third-order valence-corrected chi connectivity index (χ3v) is 10.1. The predicted octanol–water partition coefficient (Wildman–Crippen LogP) is 0.230. The van der Waals surface area contributed by atoms with E-state index >= 15 is 0 Å². The van der Waals surface area contributed by atoms with Crippen LogP contribution in [0.25, 0.3) is 0 Å². The van der Waals surface area contributed by atoms with Crippen LogP contribution in [0.4, 0.5) is 0 Å². The largest absolute Gasteiger partial charge is 0.497 e. The Morgan fingerprint density at radius 1 is 0.347 bits per heavy atom. The van der Waals surface area contributed by atoms with Crippen molar-refractivity contribution in [1.82, 2.24) is 0 Å². The van der Waals surface area contributed by atoms with E-state index < -0.39 is 172 Å². The van der Waals surface area contributed by atoms with Crippen LogP contribution in [0.1, 0.15) is 69.2 Å². The highest BCUT2D eigenvalue weighted by molar-refractivity contribution is 5.70. The Hall–Kier alpha value is -6.68. The molecule has 400 valence electrons. The third kappa shape index (κ3) is 17.0. The summed E-state index contributed by atoms with van der Waals surface area (Å²) in [6.07, 6.45) is -26.7. The van der Waals surface area contributed by atoms with Gasteiger partial charge in [0.05, 0.1) is 7.11 Å². The molecule has 3 aliphatic heterocycles. The summed E-state index contributed by atoms with van der Waals surface area (Å²) in [4.78, 5) is 126. The van der Waals surface area contributed by atoms with Crippen molar-refractivity contribution < 1.29 is 128 Å². The van der Waals surface area contributed by atoms with Gasteiger partial charge >= 0.3 is 59.7 Å². The Labute approximate surface area is 411 Å². The Morgan fingerprint density at radius 2 is 0.611 bits per heavy atom. The molecule has 0 saturated carbocycles. The summed E-state index contributed by atoms with van der Waals surface area (Å²) in [5, 5.41) is 0. The van der Waals surface area contributed by atoms with Crippen LogP contribution in [-0.4, -0.2) is 179 Å². The smallest absolute Gasteiger partial charge is 0.303 e. The van der Waals surface area contributed by atoms with E-state index in [2.05, 4.69) is 0 Å². The fourth-order valence-electron chi connectivity index (χ4n) is 7.64. The molecule has 4 rings (SSSR count). The van der Waals surface area contributed by atoms with E-state index in [9.17, 15) is 47.9 Å². The number of methoxy groups -OCH3 is 1. The second-order valence-corrected chi connectivity index (χ2v) is 16.0. The molecule has 0 bridgehead atoms. The topological polar surface area (TPSA) is 328 Å². The van der Waals surface area contributed by atoms with Crippen molar-refractivity contribution >= 4 is 59.7 Å². The maximum Gasteiger partial charge on any atom is 0.303 e. The lowest BCUT2D eigenvalue weighted by atomic mass is 9.95. The number of rotatable bonds is 20. The first-order valence-electron chi connectivity index (χ1n) is 22.1. The van der Waals surface area contributed by atoms with Gasteiger partial charge in [-0.15, -0.1) is 0 Å². The van der Waals surface area contributed by atoms with Crippen molar-refractivity contribution in [3.05, 3.63) is 24.3 Å². The summed E-state index contributed by atoms with van der Waals surface area (Å²) in [7, 11) is 1.43. The summed E-state index contributed by atoms with van der Waals surface area (Å²) >= 11 is 0. The Bertz CT molecular complexity index is 2110. The lowest BCUT2D eigenvalue weighted by molar-refractivity contribution is -0.377. The summed E-state index contributed by atoms with van der Waals surface area (Å²) in [5.74, 6) is -8.90. The molecule has 1 aromatic rings. The molecule has 3 heterocycles. The molecule has 27 heteroatoms. The predicted molar refractivity (Wildman–Crippen MR) is 228 cm³/mol. The van der Waals surface area contributed by atoms with Crippen LogP contribution in [-0.2, 0) is 119 Å². The van der Waals surface area contributed by atoms with Gasteiger partial charge in [-0.3, -0.25) is 47.9 Å². The Morgan fingerprint density at radius 3 is 0.931 bits per heavy atom. The molecule has 0 spiro atoms. The maximum atomic E-state index is 13.1. The summed E-state index contributed by atoms with van der Waals surface area (Å²) in [6.45, 7) is 7.91. The number of hydrogen-bond donors (Lipinski definition) is 0. The van der Waals surface area contributed by atoms with Crippen molar-refractivity contribution in [1.29, 1.82) is 0 Å². The van der Waals surface area contributed by atoms with Crippen LogP contribution >= 0.6 is 0 Å². The summed E-state index contributed by atoms with van der Waals surface area (Å²) < 4.78 is 98.1. The van der Waals surface area contributed by atoms with E-state index in [0.717, 1.165) is 69.2 Å². The Kier molecular flexibility index (Phi) is 21.5. The van der Waals surface area contributed by atoms with Crippen molar-refractivity contribution in [3.63, 3.8) is 0 Å². The van der Waals surface area contributed by atoms with E-state index in [0.29, 0.717) is 5.75 Å². The molecule has 0 aliphatic carbocycles. The van der Waals surface area contributed by atoms with Gasteiger partial charge in [0.2, 0.25) is 12.4 Å². The summed E-state index contributed by atoms with van der Waals surface area (Å²) in [6, 6.07) is 6.05. The van der Waals surface area contributed by atoms with Crippen LogP contribution in [0.2, 0.25) is 0 Å². The molecule has 72 heavy (non-hydrogen) atoms. The van der Waals surface area contributed by atoms with E-state index in [1.165, 1.54) is 19.2 Å². The van der Waals surface area contributed by atoms with Gasteiger partial charge in [-0.25, -0.2) is 0 Å². The molecule has 3 saturated heterocycles. The number of hydrogen-bond acceptors (Lipinski definition) is 27. The zero-order chi connectivity index (χ0) is 53.6. The average Bonchev–Trinajstić information content (AvgIpc) is 3.26. The van der Waals surface area contributed by atoms with Crippen molar-refractivity contribution in [3.8, 4) is 11.5 Å². The van der Waals surface area contributed by atoms with Crippen molar-refractivity contribution in [2.45, 2.75) is 161 Å². The van der Waals surface area contributed by atoms with Crippen molar-refractivity contribution in [2.75, 3.05) is 26.9 Å². The van der Waals surface area contributed by atoms with E-state index in [1.807, 2.05) is 0 Å². The maximum absolute atomic E-state index is 13.1. The number of esters is 10. The minimum Gasteiger partial charge on any atom is -0.497 e. The molecule has 1 aromatic carbocycles. The minimum absolute atomic E-state index is 0.135. The first-order valence-corrected chi connectivity index (χ1v) is 22.1. The lowest BCUT2D eigenvalue weighted by Crippen LogP contribution is -2.69. The number of carbonyl (C=O) groups is 10. The van der Waals surface area contributed by atoms with Crippen molar-refractivity contribution in [2.24, 2.45) is 0 Å². The van der Waals surface area contributed by atoms with Crippen LogP contribution in [0, 0.1) is 0 Å². The molecule has 15 atom stereocenters. The van der Waals surface area contributed by atoms with Crippen LogP contribution in [0.15, 0.2) is 24.3 Å². The standard InChI is InChI=1S/C45H58O27/c1-19(46)57-16-31-34(60-22(4)49)37(61-23(5)50)41(65-27(9)54)44(69-31)72-36-33(18-59-21(3)48)70-45(42(66-28(10)55)39(36)63-25(7)52)71-35-32(17-58-20(2)47)68-43(67-30-14-12-29(56-11)13-15-30)40(64-26(8)53)38(35)62-24(6)51/h12-15,31-45H,16-18H2,1-11H3/t31-,32-,33-,34+,35+,36+,37+,38+,39+,40-,41-,42-,43-,44+,45+/m1/s1. The fourth-order valence-corrected chi connectivity index (χ4v) is 7.64. The molecular formula is C45H58O27. The quantitative estimate of drug-likeness (QED) is 0.125. The van der Waals surface area contributed by atoms with Gasteiger partial charge in [0, 0.05) is 69.2 Å². The SMILES string of the molecule is COc1ccc(O[C@@H]2O[C@H](COC(C)=O)[C@H](O[C@@H]3O[C@H](COC(C)=O)[C@H](O[C@@H]4O[C@H](COC(C)=O)[C@H](OC(C)=O)[C@H](OC(C)=O)[C@H]4OC(C)=O)[C@H](OC(C)=O)[C@H]3OC(C)=O)[C@H](OC(C)=O)[C@H]2OC(C)=O)cc1. The highest BCUT2D eigenvalue weighted by Gasteiger charge is 2.60. The molecular weight excluding hydrogens is 972 g/mol. The van der Waals surface area contributed by atoms with Gasteiger partial charge < -0.3 is 80.5 Å². The van der Waals surface area contributed by atoms with Crippen LogP contribution < -0.4 is 9.47 Å². The minimum atomic E-state index is -2.03. The zero-order valence-electron chi connectivity index (χ0n) is 41.1. The summed E-state index contributed by atoms with van der Waals surface area (Å²) in [5.41, 5.74) is 0. The first-order chi connectivity index (χ1) is 33.9.